The van der Waals surface area contributed by atoms with Crippen LogP contribution in [-0.4, -0.2) is 57.9 Å². The Bertz CT molecular complexity index is 414. The van der Waals surface area contributed by atoms with E-state index in [1.54, 1.807) is 0 Å². The first-order valence-corrected chi connectivity index (χ1v) is 6.69. The summed E-state index contributed by atoms with van der Waals surface area (Å²) in [5.74, 6) is 0.968. The molecule has 0 radical (unpaired) electrons. The van der Waals surface area contributed by atoms with Crippen molar-refractivity contribution in [2.75, 3.05) is 26.3 Å². The molecule has 1 aromatic rings. The van der Waals surface area contributed by atoms with E-state index in [4.69, 9.17) is 4.74 Å². The summed E-state index contributed by atoms with van der Waals surface area (Å²) in [5.41, 5.74) is 0. The predicted molar refractivity (Wildman–Crippen MR) is 69.4 cm³/mol. The molecule has 0 spiro atoms. The summed E-state index contributed by atoms with van der Waals surface area (Å²) >= 11 is 0. The van der Waals surface area contributed by atoms with Crippen LogP contribution in [0.15, 0.2) is 6.33 Å². The third-order valence-electron chi connectivity index (χ3n) is 3.25. The average molecular weight is 267 g/mol. The van der Waals surface area contributed by atoms with Crippen LogP contribution in [0.3, 0.4) is 0 Å². The number of morpholine rings is 1. The maximum atomic E-state index is 12.2. The second-order valence-corrected chi connectivity index (χ2v) is 4.53. The lowest BCUT2D eigenvalue weighted by atomic mass is 10.2. The zero-order chi connectivity index (χ0) is 13.7. The molecule has 1 aromatic heterocycles. The Hall–Kier alpha value is -1.47. The minimum Gasteiger partial charge on any atom is -0.378 e. The lowest BCUT2D eigenvalue weighted by Gasteiger charge is -2.29. The Morgan fingerprint density at radius 2 is 2.26 bits per heavy atom. The van der Waals surface area contributed by atoms with Crippen molar-refractivity contribution in [1.82, 2.24) is 25.0 Å². The van der Waals surface area contributed by atoms with Gasteiger partial charge in [0.2, 0.25) is 5.91 Å². The quantitative estimate of drug-likeness (QED) is 0.788. The minimum absolute atomic E-state index is 0.117. The molecule has 19 heavy (non-hydrogen) atoms. The molecule has 1 amide bonds. The van der Waals surface area contributed by atoms with Crippen molar-refractivity contribution in [2.24, 2.45) is 0 Å². The highest BCUT2D eigenvalue weighted by atomic mass is 16.5. The van der Waals surface area contributed by atoms with Gasteiger partial charge in [-0.15, -0.1) is 0 Å². The van der Waals surface area contributed by atoms with E-state index in [-0.39, 0.29) is 11.9 Å². The molecule has 106 valence electrons. The van der Waals surface area contributed by atoms with E-state index in [1.165, 1.54) is 6.33 Å². The number of aromatic nitrogens is 3. The fourth-order valence-electron chi connectivity index (χ4n) is 2.08. The van der Waals surface area contributed by atoms with Crippen LogP contribution >= 0.6 is 0 Å². The molecule has 1 saturated heterocycles. The summed E-state index contributed by atoms with van der Waals surface area (Å²) in [6.07, 6.45) is 1.54. The monoisotopic (exact) mass is 267 g/mol. The number of aryl methyl sites for hydroxylation is 1. The second kappa shape index (κ2) is 6.63. The Morgan fingerprint density at radius 1 is 1.53 bits per heavy atom. The second-order valence-electron chi connectivity index (χ2n) is 4.53. The van der Waals surface area contributed by atoms with Gasteiger partial charge in [-0.05, 0) is 13.8 Å². The van der Waals surface area contributed by atoms with E-state index in [9.17, 15) is 4.79 Å². The lowest BCUT2D eigenvalue weighted by molar-refractivity contribution is -0.137. The molecule has 1 N–H and O–H groups in total. The van der Waals surface area contributed by atoms with Gasteiger partial charge in [0.25, 0.3) is 0 Å². The highest BCUT2D eigenvalue weighted by Crippen LogP contribution is 2.02. The molecule has 0 bridgehead atoms. The Kier molecular flexibility index (Phi) is 4.86. The van der Waals surface area contributed by atoms with Gasteiger partial charge in [0.05, 0.1) is 25.8 Å². The van der Waals surface area contributed by atoms with Crippen molar-refractivity contribution in [3.63, 3.8) is 0 Å². The number of nitrogens with zero attached hydrogens (tertiary/aromatic N) is 4. The van der Waals surface area contributed by atoms with E-state index in [0.717, 1.165) is 12.4 Å². The van der Waals surface area contributed by atoms with E-state index in [2.05, 4.69) is 15.4 Å². The van der Waals surface area contributed by atoms with Crippen LogP contribution in [0.4, 0.5) is 0 Å². The zero-order valence-electron chi connectivity index (χ0n) is 11.5. The van der Waals surface area contributed by atoms with Crippen LogP contribution in [0.2, 0.25) is 0 Å². The van der Waals surface area contributed by atoms with Crippen LogP contribution in [0, 0.1) is 0 Å². The molecule has 2 heterocycles. The maximum Gasteiger partial charge on any atom is 0.239 e. The number of nitrogens with one attached hydrogen (secondary N) is 1. The van der Waals surface area contributed by atoms with E-state index in [0.29, 0.717) is 32.8 Å². The summed E-state index contributed by atoms with van der Waals surface area (Å²) < 4.78 is 7.06. The van der Waals surface area contributed by atoms with Gasteiger partial charge < -0.3 is 9.64 Å². The highest BCUT2D eigenvalue weighted by molar-refractivity contribution is 5.81. The van der Waals surface area contributed by atoms with Gasteiger partial charge in [0.15, 0.2) is 0 Å². The topological polar surface area (TPSA) is 72.3 Å². The van der Waals surface area contributed by atoms with Gasteiger partial charge in [-0.3, -0.25) is 10.1 Å². The summed E-state index contributed by atoms with van der Waals surface area (Å²) in [5, 5.41) is 7.30. The number of hydrogen-bond donors (Lipinski definition) is 1. The molecule has 0 aliphatic carbocycles. The molecule has 1 fully saturated rings. The van der Waals surface area contributed by atoms with Crippen LogP contribution in [0.1, 0.15) is 19.7 Å². The van der Waals surface area contributed by atoms with Gasteiger partial charge in [-0.1, -0.05) is 0 Å². The minimum atomic E-state index is -0.222. The predicted octanol–water partition coefficient (Wildman–Crippen LogP) is -0.365. The molecule has 1 aliphatic rings. The average Bonchev–Trinajstić information content (AvgIpc) is 2.92. The molecule has 0 saturated carbocycles. The Morgan fingerprint density at radius 3 is 2.95 bits per heavy atom. The largest absolute Gasteiger partial charge is 0.378 e. The van der Waals surface area contributed by atoms with E-state index >= 15 is 0 Å². The van der Waals surface area contributed by atoms with Crippen LogP contribution in [-0.2, 0) is 22.6 Å². The number of carbonyl (C=O) groups excluding carboxylic acids is 1. The van der Waals surface area contributed by atoms with Crippen molar-refractivity contribution in [3.05, 3.63) is 12.2 Å². The first-order chi connectivity index (χ1) is 9.22. The summed E-state index contributed by atoms with van der Waals surface area (Å²) in [4.78, 5) is 18.2. The third kappa shape index (κ3) is 3.51. The van der Waals surface area contributed by atoms with Gasteiger partial charge in [-0.2, -0.15) is 5.10 Å². The number of hydrogen-bond acceptors (Lipinski definition) is 5. The molecular weight excluding hydrogens is 246 g/mol. The molecule has 1 unspecified atom stereocenters. The molecular formula is C12H21N5O2. The summed E-state index contributed by atoms with van der Waals surface area (Å²) in [7, 11) is 0. The smallest absolute Gasteiger partial charge is 0.239 e. The molecule has 2 rings (SSSR count). The highest BCUT2D eigenvalue weighted by Gasteiger charge is 2.22. The third-order valence-corrected chi connectivity index (χ3v) is 3.25. The van der Waals surface area contributed by atoms with Crippen LogP contribution in [0.25, 0.3) is 0 Å². The SMILES string of the molecule is CCn1ncnc1CNC(C)C(=O)N1CCOCC1. The summed E-state index contributed by atoms with van der Waals surface area (Å²) in [6.45, 7) is 7.83. The van der Waals surface area contributed by atoms with Crippen molar-refractivity contribution in [3.8, 4) is 0 Å². The van der Waals surface area contributed by atoms with Crippen molar-refractivity contribution >= 4 is 5.91 Å². The molecule has 7 heteroatoms. The Labute approximate surface area is 112 Å². The number of ether oxygens (including phenoxy) is 1. The van der Waals surface area contributed by atoms with E-state index < -0.39 is 0 Å². The standard InChI is InChI=1S/C12H21N5O2/c1-3-17-11(14-9-15-17)8-13-10(2)12(18)16-4-6-19-7-5-16/h9-10,13H,3-8H2,1-2H3. The van der Waals surface area contributed by atoms with Gasteiger partial charge >= 0.3 is 0 Å². The first kappa shape index (κ1) is 14.0. The van der Waals surface area contributed by atoms with Gasteiger partial charge in [0, 0.05) is 19.6 Å². The Balaban J connectivity index is 1.83. The number of amides is 1. The van der Waals surface area contributed by atoms with Gasteiger partial charge in [-0.25, -0.2) is 9.67 Å². The van der Waals surface area contributed by atoms with Crippen molar-refractivity contribution in [2.45, 2.75) is 33.0 Å². The normalized spacial score (nSPS) is 17.5. The fourth-order valence-corrected chi connectivity index (χ4v) is 2.08. The van der Waals surface area contributed by atoms with E-state index in [1.807, 2.05) is 23.4 Å². The summed E-state index contributed by atoms with van der Waals surface area (Å²) in [6, 6.07) is -0.222. The molecule has 0 aromatic carbocycles. The van der Waals surface area contributed by atoms with Crippen LogP contribution < -0.4 is 5.32 Å². The maximum absolute atomic E-state index is 12.2. The van der Waals surface area contributed by atoms with Crippen LogP contribution in [0.5, 0.6) is 0 Å². The number of rotatable bonds is 5. The van der Waals surface area contributed by atoms with Crippen molar-refractivity contribution in [1.29, 1.82) is 0 Å². The van der Waals surface area contributed by atoms with Gasteiger partial charge in [0.1, 0.15) is 12.2 Å². The zero-order valence-corrected chi connectivity index (χ0v) is 11.5. The fraction of sp³-hybridized carbons (Fsp3) is 0.750. The first-order valence-electron chi connectivity index (χ1n) is 6.69. The van der Waals surface area contributed by atoms with Crippen molar-refractivity contribution < 1.29 is 9.53 Å². The lowest BCUT2D eigenvalue weighted by Crippen LogP contribution is -2.49. The molecule has 7 nitrogen and oxygen atoms in total. The number of carbonyl (C=O) groups is 1. The molecule has 1 atom stereocenters. The molecule has 1 aliphatic heterocycles.